The molecular weight excluding hydrogens is 422 g/mol. The Labute approximate surface area is 182 Å². The standard InChI is InChI=1S/C21H22F2N6OS/c1-3-13-6-4-5-7-17(13)26-21-28-18(27-20(24)29-21)11-31-12(2)19(30)25-14-8-9-15(22)16(23)10-14/h4-10,12H,3,11H2,1-2H3,(H,25,30)(H3,24,26,27,28,29). The first kappa shape index (κ1) is 22.4. The van der Waals surface area contributed by atoms with E-state index in [0.717, 1.165) is 29.8 Å². The van der Waals surface area contributed by atoms with E-state index in [1.54, 1.807) is 6.92 Å². The van der Waals surface area contributed by atoms with Gasteiger partial charge in [0.25, 0.3) is 0 Å². The number of aryl methyl sites for hydroxylation is 1. The Bertz CT molecular complexity index is 1080. The summed E-state index contributed by atoms with van der Waals surface area (Å²) in [5, 5.41) is 5.22. The molecule has 2 aromatic carbocycles. The van der Waals surface area contributed by atoms with E-state index in [2.05, 4.69) is 32.5 Å². The quantitative estimate of drug-likeness (QED) is 0.476. The van der Waals surface area contributed by atoms with Crippen LogP contribution in [0.3, 0.4) is 0 Å². The lowest BCUT2D eigenvalue weighted by Crippen LogP contribution is -2.23. The number of carbonyl (C=O) groups is 1. The van der Waals surface area contributed by atoms with Crippen molar-refractivity contribution in [3.05, 3.63) is 65.5 Å². The Hall–Kier alpha value is -3.27. The van der Waals surface area contributed by atoms with Crippen LogP contribution in [0.15, 0.2) is 42.5 Å². The van der Waals surface area contributed by atoms with E-state index in [4.69, 9.17) is 5.73 Å². The SMILES string of the molecule is CCc1ccccc1Nc1nc(N)nc(CSC(C)C(=O)Nc2ccc(F)c(F)c2)n1. The summed E-state index contributed by atoms with van der Waals surface area (Å²) in [6.45, 7) is 3.75. The molecule has 7 nitrogen and oxygen atoms in total. The number of aromatic nitrogens is 3. The van der Waals surface area contributed by atoms with Crippen LogP contribution >= 0.6 is 11.8 Å². The topological polar surface area (TPSA) is 106 Å². The summed E-state index contributed by atoms with van der Waals surface area (Å²) in [4.78, 5) is 25.0. The molecule has 31 heavy (non-hydrogen) atoms. The molecule has 4 N–H and O–H groups in total. The molecule has 0 aliphatic carbocycles. The molecule has 0 aliphatic heterocycles. The maximum absolute atomic E-state index is 13.3. The molecule has 10 heteroatoms. The molecule has 0 fully saturated rings. The van der Waals surface area contributed by atoms with Gasteiger partial charge in [-0.25, -0.2) is 8.78 Å². The number of rotatable bonds is 8. The molecule has 1 unspecified atom stereocenters. The second kappa shape index (κ2) is 10.2. The van der Waals surface area contributed by atoms with E-state index in [1.807, 2.05) is 24.3 Å². The molecule has 1 amide bonds. The highest BCUT2D eigenvalue weighted by Crippen LogP contribution is 2.22. The Kier molecular flexibility index (Phi) is 7.35. The minimum absolute atomic E-state index is 0.0703. The molecule has 0 bridgehead atoms. The third-order valence-electron chi connectivity index (χ3n) is 4.36. The molecule has 3 rings (SSSR count). The van der Waals surface area contributed by atoms with Crippen molar-refractivity contribution in [1.29, 1.82) is 0 Å². The van der Waals surface area contributed by atoms with Gasteiger partial charge in [-0.2, -0.15) is 15.0 Å². The minimum Gasteiger partial charge on any atom is -0.368 e. The van der Waals surface area contributed by atoms with Crippen LogP contribution in [-0.2, 0) is 17.0 Å². The molecule has 1 heterocycles. The van der Waals surface area contributed by atoms with Crippen LogP contribution in [-0.4, -0.2) is 26.1 Å². The van der Waals surface area contributed by atoms with Crippen molar-refractivity contribution in [2.45, 2.75) is 31.3 Å². The number of nitrogens with two attached hydrogens (primary N) is 1. The van der Waals surface area contributed by atoms with Gasteiger partial charge in [-0.3, -0.25) is 4.79 Å². The fraction of sp³-hybridized carbons (Fsp3) is 0.238. The van der Waals surface area contributed by atoms with Crippen LogP contribution in [0.2, 0.25) is 0 Å². The summed E-state index contributed by atoms with van der Waals surface area (Å²) >= 11 is 1.28. The maximum atomic E-state index is 13.3. The van der Waals surface area contributed by atoms with Crippen molar-refractivity contribution in [3.8, 4) is 0 Å². The number of para-hydroxylation sites is 1. The monoisotopic (exact) mass is 444 g/mol. The van der Waals surface area contributed by atoms with Crippen LogP contribution < -0.4 is 16.4 Å². The zero-order valence-corrected chi connectivity index (χ0v) is 17.8. The summed E-state index contributed by atoms with van der Waals surface area (Å²) in [6, 6.07) is 11.0. The number of halogens is 2. The average molecular weight is 445 g/mol. The largest absolute Gasteiger partial charge is 0.368 e. The zero-order chi connectivity index (χ0) is 22.4. The number of carbonyl (C=O) groups excluding carboxylic acids is 1. The van der Waals surface area contributed by atoms with Gasteiger partial charge in [-0.05, 0) is 37.1 Å². The average Bonchev–Trinajstić information content (AvgIpc) is 2.74. The third-order valence-corrected chi connectivity index (χ3v) is 5.50. The van der Waals surface area contributed by atoms with E-state index in [0.29, 0.717) is 17.5 Å². The van der Waals surface area contributed by atoms with E-state index >= 15 is 0 Å². The number of amides is 1. The van der Waals surface area contributed by atoms with Gasteiger partial charge in [0, 0.05) is 17.4 Å². The number of hydrogen-bond donors (Lipinski definition) is 3. The highest BCUT2D eigenvalue weighted by molar-refractivity contribution is 7.99. The van der Waals surface area contributed by atoms with Crippen LogP contribution in [0.5, 0.6) is 0 Å². The highest BCUT2D eigenvalue weighted by Gasteiger charge is 2.16. The first-order valence-electron chi connectivity index (χ1n) is 9.58. The normalized spacial score (nSPS) is 11.7. The zero-order valence-electron chi connectivity index (χ0n) is 17.0. The van der Waals surface area contributed by atoms with Gasteiger partial charge in [-0.1, -0.05) is 25.1 Å². The molecular formula is C21H22F2N6OS. The van der Waals surface area contributed by atoms with Crippen LogP contribution in [0.4, 0.5) is 32.1 Å². The molecule has 162 valence electrons. The second-order valence-corrected chi connectivity index (χ2v) is 7.97. The number of nitrogens with one attached hydrogen (secondary N) is 2. The third kappa shape index (κ3) is 6.11. The summed E-state index contributed by atoms with van der Waals surface area (Å²) < 4.78 is 26.3. The van der Waals surface area contributed by atoms with Crippen LogP contribution in [0, 0.1) is 11.6 Å². The van der Waals surface area contributed by atoms with Gasteiger partial charge < -0.3 is 16.4 Å². The minimum atomic E-state index is -1.02. The van der Waals surface area contributed by atoms with E-state index < -0.39 is 16.9 Å². The Morgan fingerprint density at radius 2 is 1.90 bits per heavy atom. The van der Waals surface area contributed by atoms with Gasteiger partial charge >= 0.3 is 0 Å². The number of hydrogen-bond acceptors (Lipinski definition) is 7. The van der Waals surface area contributed by atoms with E-state index in [9.17, 15) is 13.6 Å². The molecule has 0 spiro atoms. The summed E-state index contributed by atoms with van der Waals surface area (Å²) in [6.07, 6.45) is 0.844. The fourth-order valence-corrected chi connectivity index (χ4v) is 3.46. The lowest BCUT2D eigenvalue weighted by Gasteiger charge is -2.13. The number of nitrogen functional groups attached to an aromatic ring is 1. The van der Waals surface area contributed by atoms with Gasteiger partial charge in [0.1, 0.15) is 5.82 Å². The summed E-state index contributed by atoms with van der Waals surface area (Å²) in [5.41, 5.74) is 8.00. The smallest absolute Gasteiger partial charge is 0.237 e. The number of nitrogens with zero attached hydrogens (tertiary/aromatic N) is 3. The number of anilines is 4. The van der Waals surface area contributed by atoms with Crippen molar-refractivity contribution in [1.82, 2.24) is 15.0 Å². The van der Waals surface area contributed by atoms with Crippen LogP contribution in [0.1, 0.15) is 25.2 Å². The van der Waals surface area contributed by atoms with Gasteiger partial charge in [0.2, 0.25) is 17.8 Å². The molecule has 0 aliphatic rings. The lowest BCUT2D eigenvalue weighted by molar-refractivity contribution is -0.115. The van der Waals surface area contributed by atoms with Crippen LogP contribution in [0.25, 0.3) is 0 Å². The maximum Gasteiger partial charge on any atom is 0.237 e. The first-order chi connectivity index (χ1) is 14.9. The van der Waals surface area contributed by atoms with Gasteiger partial charge in [0.05, 0.1) is 11.0 Å². The van der Waals surface area contributed by atoms with Gasteiger partial charge in [-0.15, -0.1) is 11.8 Å². The van der Waals surface area contributed by atoms with Crippen molar-refractivity contribution in [3.63, 3.8) is 0 Å². The lowest BCUT2D eigenvalue weighted by atomic mass is 10.1. The van der Waals surface area contributed by atoms with Crippen molar-refractivity contribution >= 4 is 40.9 Å². The Morgan fingerprint density at radius 3 is 2.65 bits per heavy atom. The molecule has 1 atom stereocenters. The Balaban J connectivity index is 1.63. The summed E-state index contributed by atoms with van der Waals surface area (Å²) in [5.74, 6) is -1.23. The molecule has 0 radical (unpaired) electrons. The first-order valence-corrected chi connectivity index (χ1v) is 10.6. The van der Waals surface area contributed by atoms with E-state index in [1.165, 1.54) is 17.8 Å². The Morgan fingerprint density at radius 1 is 1.13 bits per heavy atom. The predicted molar refractivity (Wildman–Crippen MR) is 119 cm³/mol. The number of thioether (sulfide) groups is 1. The molecule has 0 saturated carbocycles. The van der Waals surface area contributed by atoms with E-state index in [-0.39, 0.29) is 17.5 Å². The number of benzene rings is 2. The van der Waals surface area contributed by atoms with Gasteiger partial charge in [0.15, 0.2) is 11.6 Å². The van der Waals surface area contributed by atoms with Crippen molar-refractivity contribution < 1.29 is 13.6 Å². The predicted octanol–water partition coefficient (Wildman–Crippen LogP) is 4.30. The molecule has 0 saturated heterocycles. The summed E-state index contributed by atoms with van der Waals surface area (Å²) in [7, 11) is 0. The molecule has 3 aromatic rings. The fourth-order valence-electron chi connectivity index (χ4n) is 2.72. The van der Waals surface area contributed by atoms with Crippen molar-refractivity contribution in [2.75, 3.05) is 16.4 Å². The molecule has 1 aromatic heterocycles. The second-order valence-electron chi connectivity index (χ2n) is 6.64. The van der Waals surface area contributed by atoms with Crippen molar-refractivity contribution in [2.24, 2.45) is 0 Å². The highest BCUT2D eigenvalue weighted by atomic mass is 32.2.